The largest absolute Gasteiger partial charge is 0.394 e. The summed E-state index contributed by atoms with van der Waals surface area (Å²) in [4.78, 5) is 16.3. The molecule has 1 N–H and O–H groups in total. The highest BCUT2D eigenvalue weighted by Crippen LogP contribution is 2.24. The number of likely N-dealkylation sites (N-methyl/N-ethyl adjacent to an activating group) is 1. The quantitative estimate of drug-likeness (QED) is 0.874. The van der Waals surface area contributed by atoms with Crippen LogP contribution in [0.1, 0.15) is 17.5 Å². The van der Waals surface area contributed by atoms with E-state index in [1.54, 1.807) is 0 Å². The summed E-state index contributed by atoms with van der Waals surface area (Å²) >= 11 is 0. The third-order valence-electron chi connectivity index (χ3n) is 3.80. The van der Waals surface area contributed by atoms with Gasteiger partial charge in [-0.2, -0.15) is 0 Å². The smallest absolute Gasteiger partial charge is 0.246 e. The fourth-order valence-electron chi connectivity index (χ4n) is 2.58. The summed E-state index contributed by atoms with van der Waals surface area (Å²) in [5, 5.41) is 9.46. The molecule has 2 rings (SSSR count). The average molecular weight is 262 g/mol. The van der Waals surface area contributed by atoms with Gasteiger partial charge in [-0.25, -0.2) is 0 Å². The van der Waals surface area contributed by atoms with Gasteiger partial charge in [-0.05, 0) is 44.5 Å². The van der Waals surface area contributed by atoms with Gasteiger partial charge in [0.05, 0.1) is 6.61 Å². The summed E-state index contributed by atoms with van der Waals surface area (Å²) in [5.41, 5.74) is 3.21. The Balaban J connectivity index is 2.37. The van der Waals surface area contributed by atoms with Crippen LogP contribution in [0.4, 0.5) is 5.69 Å². The van der Waals surface area contributed by atoms with Crippen LogP contribution in [0.3, 0.4) is 0 Å². The van der Waals surface area contributed by atoms with E-state index in [4.69, 9.17) is 0 Å². The van der Waals surface area contributed by atoms with Gasteiger partial charge in [-0.15, -0.1) is 0 Å². The van der Waals surface area contributed by atoms with E-state index in [1.807, 2.05) is 42.8 Å². The second-order valence-corrected chi connectivity index (χ2v) is 5.31. The zero-order chi connectivity index (χ0) is 14.0. The first-order valence-electron chi connectivity index (χ1n) is 6.74. The Bertz CT molecular complexity index is 473. The van der Waals surface area contributed by atoms with Crippen molar-refractivity contribution in [1.29, 1.82) is 0 Å². The van der Waals surface area contributed by atoms with Gasteiger partial charge in [0.25, 0.3) is 0 Å². The van der Waals surface area contributed by atoms with Crippen LogP contribution in [0, 0.1) is 13.8 Å². The molecule has 1 saturated heterocycles. The van der Waals surface area contributed by atoms with E-state index < -0.39 is 6.04 Å². The molecule has 0 bridgehead atoms. The Labute approximate surface area is 114 Å². The molecule has 1 aromatic rings. The fourth-order valence-corrected chi connectivity index (χ4v) is 2.58. The zero-order valence-electron chi connectivity index (χ0n) is 11.9. The number of amides is 1. The molecule has 4 heteroatoms. The van der Waals surface area contributed by atoms with E-state index in [-0.39, 0.29) is 12.5 Å². The molecule has 0 radical (unpaired) electrons. The van der Waals surface area contributed by atoms with E-state index in [0.29, 0.717) is 6.54 Å². The molecular formula is C15H22N2O2. The summed E-state index contributed by atoms with van der Waals surface area (Å²) in [6, 6.07) is 5.71. The van der Waals surface area contributed by atoms with Crippen LogP contribution in [0.2, 0.25) is 0 Å². The summed E-state index contributed by atoms with van der Waals surface area (Å²) in [6.45, 7) is 5.46. The number of anilines is 1. The summed E-state index contributed by atoms with van der Waals surface area (Å²) < 4.78 is 0. The molecule has 104 valence electrons. The third kappa shape index (κ3) is 2.80. The molecular weight excluding hydrogens is 240 g/mol. The van der Waals surface area contributed by atoms with Crippen molar-refractivity contribution >= 4 is 11.6 Å². The molecule has 19 heavy (non-hydrogen) atoms. The van der Waals surface area contributed by atoms with Crippen molar-refractivity contribution in [3.63, 3.8) is 0 Å². The second kappa shape index (κ2) is 5.72. The van der Waals surface area contributed by atoms with Gasteiger partial charge in [0, 0.05) is 18.8 Å². The van der Waals surface area contributed by atoms with E-state index >= 15 is 0 Å². The van der Waals surface area contributed by atoms with Crippen LogP contribution in [0.15, 0.2) is 18.2 Å². The molecule has 1 heterocycles. The number of benzene rings is 1. The van der Waals surface area contributed by atoms with Gasteiger partial charge in [0.2, 0.25) is 5.91 Å². The van der Waals surface area contributed by atoms with Gasteiger partial charge < -0.3 is 10.0 Å². The number of carbonyl (C=O) groups excluding carboxylic acids is 1. The first-order chi connectivity index (χ1) is 9.04. The van der Waals surface area contributed by atoms with Crippen molar-refractivity contribution in [1.82, 2.24) is 4.90 Å². The first-order valence-corrected chi connectivity index (χ1v) is 6.74. The maximum Gasteiger partial charge on any atom is 0.246 e. The minimum absolute atomic E-state index is 0.00352. The summed E-state index contributed by atoms with van der Waals surface area (Å²) in [5.74, 6) is -0.00352. The Morgan fingerprint density at radius 2 is 2.05 bits per heavy atom. The predicted molar refractivity (Wildman–Crippen MR) is 76.4 cm³/mol. The first kappa shape index (κ1) is 14.0. The number of carbonyl (C=O) groups is 1. The van der Waals surface area contributed by atoms with Crippen molar-refractivity contribution in [2.75, 3.05) is 31.6 Å². The number of aliphatic hydroxyl groups is 1. The number of aryl methyl sites for hydroxylation is 2. The van der Waals surface area contributed by atoms with Crippen molar-refractivity contribution < 1.29 is 9.90 Å². The molecule has 0 aliphatic carbocycles. The summed E-state index contributed by atoms with van der Waals surface area (Å²) in [7, 11) is 1.89. The Morgan fingerprint density at radius 3 is 2.74 bits per heavy atom. The van der Waals surface area contributed by atoms with Crippen molar-refractivity contribution in [3.05, 3.63) is 29.3 Å². The van der Waals surface area contributed by atoms with Gasteiger partial charge in [-0.3, -0.25) is 9.69 Å². The lowest BCUT2D eigenvalue weighted by Crippen LogP contribution is -2.46. The van der Waals surface area contributed by atoms with Crippen molar-refractivity contribution in [2.45, 2.75) is 26.3 Å². The number of aliphatic hydroxyl groups excluding tert-OH is 1. The molecule has 1 aliphatic rings. The lowest BCUT2D eigenvalue weighted by Gasteiger charge is -2.28. The number of nitrogens with zero attached hydrogens (tertiary/aromatic N) is 2. The molecule has 0 spiro atoms. The highest BCUT2D eigenvalue weighted by Gasteiger charge is 2.31. The van der Waals surface area contributed by atoms with Crippen LogP contribution in [0.25, 0.3) is 0 Å². The normalized spacial score (nSPS) is 21.6. The number of hydrogen-bond acceptors (Lipinski definition) is 3. The van der Waals surface area contributed by atoms with Crippen molar-refractivity contribution in [2.24, 2.45) is 0 Å². The summed E-state index contributed by atoms with van der Waals surface area (Å²) in [6.07, 6.45) is 0.923. The average Bonchev–Trinajstić information content (AvgIpc) is 2.51. The van der Waals surface area contributed by atoms with Crippen LogP contribution in [-0.4, -0.2) is 48.7 Å². The number of hydrogen-bond donors (Lipinski definition) is 1. The van der Waals surface area contributed by atoms with E-state index in [1.165, 1.54) is 0 Å². The Morgan fingerprint density at radius 1 is 1.32 bits per heavy atom. The molecule has 1 amide bonds. The molecule has 1 aliphatic heterocycles. The third-order valence-corrected chi connectivity index (χ3v) is 3.80. The molecule has 1 fully saturated rings. The number of rotatable bonds is 2. The maximum absolute atomic E-state index is 12.6. The minimum Gasteiger partial charge on any atom is -0.394 e. The molecule has 1 aromatic carbocycles. The van der Waals surface area contributed by atoms with E-state index in [2.05, 4.69) is 6.07 Å². The molecule has 1 unspecified atom stereocenters. The van der Waals surface area contributed by atoms with Gasteiger partial charge in [0.15, 0.2) is 0 Å². The Kier molecular flexibility index (Phi) is 4.22. The Hall–Kier alpha value is -1.39. The van der Waals surface area contributed by atoms with Crippen LogP contribution < -0.4 is 4.90 Å². The molecule has 0 aromatic heterocycles. The molecule has 0 saturated carbocycles. The highest BCUT2D eigenvalue weighted by molar-refractivity contribution is 5.98. The standard InChI is InChI=1S/C15H22N2O2/c1-11-5-6-12(2)13(9-11)17-8-4-7-16(3)14(10-18)15(17)19/h5-6,9,14,18H,4,7-8,10H2,1-3H3. The fraction of sp³-hybridized carbons (Fsp3) is 0.533. The van der Waals surface area contributed by atoms with Crippen LogP contribution in [-0.2, 0) is 4.79 Å². The van der Waals surface area contributed by atoms with Gasteiger partial charge in [-0.1, -0.05) is 12.1 Å². The van der Waals surface area contributed by atoms with Gasteiger partial charge in [0.1, 0.15) is 6.04 Å². The van der Waals surface area contributed by atoms with Crippen molar-refractivity contribution in [3.8, 4) is 0 Å². The minimum atomic E-state index is -0.428. The van der Waals surface area contributed by atoms with E-state index in [9.17, 15) is 9.90 Å². The SMILES string of the molecule is Cc1ccc(C)c(N2CCCN(C)C(CO)C2=O)c1. The lowest BCUT2D eigenvalue weighted by molar-refractivity contribution is -0.123. The van der Waals surface area contributed by atoms with Crippen LogP contribution >= 0.6 is 0 Å². The maximum atomic E-state index is 12.6. The van der Waals surface area contributed by atoms with Crippen LogP contribution in [0.5, 0.6) is 0 Å². The van der Waals surface area contributed by atoms with E-state index in [0.717, 1.165) is 29.8 Å². The lowest BCUT2D eigenvalue weighted by atomic mass is 10.1. The second-order valence-electron chi connectivity index (χ2n) is 5.31. The molecule has 1 atom stereocenters. The topological polar surface area (TPSA) is 43.8 Å². The predicted octanol–water partition coefficient (Wildman–Crippen LogP) is 1.33. The highest BCUT2D eigenvalue weighted by atomic mass is 16.3. The monoisotopic (exact) mass is 262 g/mol. The molecule has 4 nitrogen and oxygen atoms in total. The zero-order valence-corrected chi connectivity index (χ0v) is 11.9. The van der Waals surface area contributed by atoms with Gasteiger partial charge >= 0.3 is 0 Å².